The summed E-state index contributed by atoms with van der Waals surface area (Å²) in [6, 6.07) is 11.2. The number of carbonyl (C=O) groups is 1. The third-order valence-corrected chi connectivity index (χ3v) is 6.17. The first-order chi connectivity index (χ1) is 14.5. The number of aliphatic imine (C=N–C) groups is 1. The molecule has 0 unspecified atom stereocenters. The number of nitrogens with zero attached hydrogens (tertiary/aromatic N) is 2. The van der Waals surface area contributed by atoms with Gasteiger partial charge in [-0.1, -0.05) is 30.8 Å². The summed E-state index contributed by atoms with van der Waals surface area (Å²) >= 11 is 1.47. The molecule has 1 aliphatic rings. The van der Waals surface area contributed by atoms with Crippen LogP contribution < -0.4 is 11.3 Å². The van der Waals surface area contributed by atoms with Crippen LogP contribution in [-0.2, 0) is 17.6 Å². The predicted molar refractivity (Wildman–Crippen MR) is 123 cm³/mol. The second-order valence-electron chi connectivity index (χ2n) is 7.44. The van der Waals surface area contributed by atoms with Crippen LogP contribution in [0.2, 0.25) is 0 Å². The molecule has 0 bridgehead atoms. The lowest BCUT2D eigenvalue weighted by atomic mass is 9.98. The third-order valence-electron chi connectivity index (χ3n) is 5.21. The fourth-order valence-corrected chi connectivity index (χ4v) is 4.57. The number of aromatic amines is 1. The van der Waals surface area contributed by atoms with Crippen LogP contribution >= 0.6 is 11.8 Å². The number of carbonyl (C=O) groups excluding carboxylic acids is 1. The number of benzene rings is 2. The molecule has 0 saturated carbocycles. The average Bonchev–Trinajstić information content (AvgIpc) is 3.12. The molecule has 3 aromatic rings. The zero-order chi connectivity index (χ0) is 21.1. The summed E-state index contributed by atoms with van der Waals surface area (Å²) in [5, 5.41) is 1.18. The molecule has 1 aromatic heterocycles. The average molecular weight is 421 g/mol. The number of nitrogens with one attached hydrogen (secondary N) is 1. The molecule has 0 amide bonds. The van der Waals surface area contributed by atoms with Gasteiger partial charge in [0.25, 0.3) is 5.56 Å². The fraction of sp³-hybridized carbons (Fsp3) is 0.304. The van der Waals surface area contributed by atoms with Gasteiger partial charge in [0.1, 0.15) is 5.78 Å². The lowest BCUT2D eigenvalue weighted by Crippen LogP contribution is -2.10. The van der Waals surface area contributed by atoms with E-state index in [1.165, 1.54) is 22.9 Å². The minimum Gasteiger partial charge on any atom is -0.399 e. The Bertz CT molecular complexity index is 1200. The fourth-order valence-electron chi connectivity index (χ4n) is 3.76. The number of hydrogen-bond acceptors (Lipinski definition) is 6. The third kappa shape index (κ3) is 4.46. The highest BCUT2D eigenvalue weighted by molar-refractivity contribution is 7.99. The standard InChI is InChI=1S/C23H24N4O2S/c1-2-14-10-15(24)11-21-19(14)13-16(25-21)12-17(28)6-5-9-30-23-26-20-8-4-3-7-18(20)22(29)27-23/h3-4,7-8,10-11H,2,5-6,9,12-13,24H2,1H3,(H,26,27,29). The predicted octanol–water partition coefficient (Wildman–Crippen LogP) is 4.23. The molecule has 0 spiro atoms. The Morgan fingerprint density at radius 1 is 1.27 bits per heavy atom. The highest BCUT2D eigenvalue weighted by Crippen LogP contribution is 2.33. The van der Waals surface area contributed by atoms with Gasteiger partial charge in [0.2, 0.25) is 0 Å². The van der Waals surface area contributed by atoms with E-state index in [4.69, 9.17) is 5.73 Å². The first kappa shape index (κ1) is 20.3. The number of hydrogen-bond donors (Lipinski definition) is 2. The summed E-state index contributed by atoms with van der Waals surface area (Å²) in [6.45, 7) is 2.10. The normalized spacial score (nSPS) is 12.8. The van der Waals surface area contributed by atoms with Gasteiger partial charge in [0.05, 0.1) is 16.6 Å². The van der Waals surface area contributed by atoms with Gasteiger partial charge in [0.15, 0.2) is 5.16 Å². The second-order valence-corrected chi connectivity index (χ2v) is 8.53. The van der Waals surface area contributed by atoms with Crippen LogP contribution in [0.4, 0.5) is 11.4 Å². The van der Waals surface area contributed by atoms with E-state index in [2.05, 4.69) is 21.9 Å². The Morgan fingerprint density at radius 2 is 2.10 bits per heavy atom. The first-order valence-electron chi connectivity index (χ1n) is 10.1. The minimum atomic E-state index is -0.134. The summed E-state index contributed by atoms with van der Waals surface area (Å²) in [5.74, 6) is 0.907. The Balaban J connectivity index is 1.28. The molecule has 6 nitrogen and oxygen atoms in total. The van der Waals surface area contributed by atoms with Crippen LogP contribution in [0, 0.1) is 0 Å². The van der Waals surface area contributed by atoms with E-state index in [0.717, 1.165) is 42.1 Å². The van der Waals surface area contributed by atoms with Crippen LogP contribution in [-0.4, -0.2) is 27.2 Å². The monoisotopic (exact) mass is 420 g/mol. The molecular weight excluding hydrogens is 396 g/mol. The van der Waals surface area contributed by atoms with Crippen molar-refractivity contribution < 1.29 is 4.79 Å². The van der Waals surface area contributed by atoms with Gasteiger partial charge >= 0.3 is 0 Å². The van der Waals surface area contributed by atoms with Crippen molar-refractivity contribution in [3.8, 4) is 0 Å². The Kier molecular flexibility index (Phi) is 5.99. The van der Waals surface area contributed by atoms with Gasteiger partial charge < -0.3 is 10.7 Å². The number of Topliss-reactive ketones (excluding diaryl/α,β-unsaturated/α-hetero) is 1. The number of H-pyrrole nitrogens is 1. The minimum absolute atomic E-state index is 0.134. The number of anilines is 1. The van der Waals surface area contributed by atoms with Crippen molar-refractivity contribution in [3.63, 3.8) is 0 Å². The van der Waals surface area contributed by atoms with Gasteiger partial charge in [-0.3, -0.25) is 14.6 Å². The van der Waals surface area contributed by atoms with E-state index in [-0.39, 0.29) is 11.3 Å². The molecule has 2 aromatic carbocycles. The van der Waals surface area contributed by atoms with Crippen molar-refractivity contribution in [1.82, 2.24) is 9.97 Å². The number of nitrogen functional groups attached to an aromatic ring is 1. The molecule has 2 heterocycles. The molecule has 0 atom stereocenters. The largest absolute Gasteiger partial charge is 0.399 e. The van der Waals surface area contributed by atoms with Gasteiger partial charge in [-0.2, -0.15) is 0 Å². The molecule has 0 fully saturated rings. The zero-order valence-corrected chi connectivity index (χ0v) is 17.7. The van der Waals surface area contributed by atoms with Gasteiger partial charge in [-0.15, -0.1) is 0 Å². The van der Waals surface area contributed by atoms with Crippen LogP contribution in [0.3, 0.4) is 0 Å². The Labute approximate surface area is 179 Å². The summed E-state index contributed by atoms with van der Waals surface area (Å²) in [6.07, 6.45) is 3.25. The Morgan fingerprint density at radius 3 is 2.93 bits per heavy atom. The summed E-state index contributed by atoms with van der Waals surface area (Å²) in [4.78, 5) is 36.4. The van der Waals surface area contributed by atoms with Gasteiger partial charge in [-0.05, 0) is 48.2 Å². The Hall–Kier alpha value is -2.93. The topological polar surface area (TPSA) is 101 Å². The summed E-state index contributed by atoms with van der Waals surface area (Å²) < 4.78 is 0. The molecular formula is C23H24N4O2S. The SMILES string of the molecule is CCc1cc(N)cc2c1CC(CC(=O)CCCSc1nc3ccccc3c(=O)[nH]1)=N2. The molecule has 0 aliphatic carbocycles. The molecule has 3 N–H and O–H groups in total. The second kappa shape index (κ2) is 8.83. The summed E-state index contributed by atoms with van der Waals surface area (Å²) in [5.41, 5.74) is 11.5. The number of aryl methyl sites for hydroxylation is 1. The highest BCUT2D eigenvalue weighted by Gasteiger charge is 2.20. The maximum Gasteiger partial charge on any atom is 0.259 e. The number of aromatic nitrogens is 2. The molecule has 0 saturated heterocycles. The number of para-hydroxylation sites is 1. The van der Waals surface area contributed by atoms with Crippen molar-refractivity contribution in [2.24, 2.45) is 4.99 Å². The van der Waals surface area contributed by atoms with Gasteiger partial charge in [-0.25, -0.2) is 4.98 Å². The van der Waals surface area contributed by atoms with Crippen molar-refractivity contribution in [1.29, 1.82) is 0 Å². The van der Waals surface area contributed by atoms with Crippen LogP contribution in [0.15, 0.2) is 51.3 Å². The number of nitrogens with two attached hydrogens (primary N) is 1. The zero-order valence-electron chi connectivity index (χ0n) is 16.9. The molecule has 0 radical (unpaired) electrons. The van der Waals surface area contributed by atoms with E-state index in [9.17, 15) is 9.59 Å². The highest BCUT2D eigenvalue weighted by atomic mass is 32.2. The lowest BCUT2D eigenvalue weighted by molar-refractivity contribution is -0.117. The molecule has 154 valence electrons. The molecule has 1 aliphatic heterocycles. The van der Waals surface area contributed by atoms with Crippen molar-refractivity contribution in [3.05, 3.63) is 57.9 Å². The summed E-state index contributed by atoms with van der Waals surface area (Å²) in [7, 11) is 0. The molecule has 4 rings (SSSR count). The lowest BCUT2D eigenvalue weighted by Gasteiger charge is -2.06. The maximum absolute atomic E-state index is 12.4. The molecule has 30 heavy (non-hydrogen) atoms. The number of thioether (sulfide) groups is 1. The smallest absolute Gasteiger partial charge is 0.259 e. The van der Waals surface area contributed by atoms with E-state index < -0.39 is 0 Å². The van der Waals surface area contributed by atoms with Crippen molar-refractivity contribution in [2.45, 2.75) is 44.2 Å². The number of fused-ring (bicyclic) bond motifs is 2. The number of rotatable bonds is 8. The number of ketones is 1. The van der Waals surface area contributed by atoms with E-state index in [0.29, 0.717) is 28.9 Å². The van der Waals surface area contributed by atoms with E-state index in [1.807, 2.05) is 30.3 Å². The van der Waals surface area contributed by atoms with Crippen molar-refractivity contribution >= 4 is 45.5 Å². The maximum atomic E-state index is 12.4. The quantitative estimate of drug-likeness (QED) is 0.246. The van der Waals surface area contributed by atoms with Crippen LogP contribution in [0.1, 0.15) is 37.3 Å². The molecule has 7 heteroatoms. The van der Waals surface area contributed by atoms with E-state index >= 15 is 0 Å². The van der Waals surface area contributed by atoms with Gasteiger partial charge in [0, 0.05) is 36.4 Å². The first-order valence-corrected chi connectivity index (χ1v) is 11.1. The van der Waals surface area contributed by atoms with E-state index in [1.54, 1.807) is 6.07 Å². The van der Waals surface area contributed by atoms with Crippen molar-refractivity contribution in [2.75, 3.05) is 11.5 Å². The van der Waals surface area contributed by atoms with Crippen LogP contribution in [0.5, 0.6) is 0 Å². The van der Waals surface area contributed by atoms with Crippen LogP contribution in [0.25, 0.3) is 10.9 Å².